The highest BCUT2D eigenvalue weighted by Gasteiger charge is 2.26. The zero-order valence-electron chi connectivity index (χ0n) is 9.86. The van der Waals surface area contributed by atoms with Gasteiger partial charge in [0.2, 0.25) is 0 Å². The first-order valence-corrected chi connectivity index (χ1v) is 5.53. The molecule has 0 unspecified atom stereocenters. The standard InChI is InChI=1S/C12H15F3N2/c1-12(2)7-17(4-3-16-12)8-5-9(13)11(15)10(14)6-8/h5-6,16H,3-4,7H2,1-2H3. The first kappa shape index (κ1) is 12.2. The van der Waals surface area contributed by atoms with Crippen molar-refractivity contribution in [2.45, 2.75) is 19.4 Å². The van der Waals surface area contributed by atoms with E-state index in [2.05, 4.69) is 5.32 Å². The van der Waals surface area contributed by atoms with Crippen LogP contribution in [0.1, 0.15) is 13.8 Å². The van der Waals surface area contributed by atoms with Crippen LogP contribution in [0.2, 0.25) is 0 Å². The quantitative estimate of drug-likeness (QED) is 0.762. The molecule has 2 nitrogen and oxygen atoms in total. The normalized spacial score (nSPS) is 19.5. The average Bonchev–Trinajstić information content (AvgIpc) is 2.23. The largest absolute Gasteiger partial charge is 0.368 e. The van der Waals surface area contributed by atoms with Gasteiger partial charge in [-0.2, -0.15) is 0 Å². The van der Waals surface area contributed by atoms with Gasteiger partial charge in [0, 0.05) is 43.0 Å². The summed E-state index contributed by atoms with van der Waals surface area (Å²) >= 11 is 0. The van der Waals surface area contributed by atoms with E-state index in [9.17, 15) is 13.2 Å². The number of rotatable bonds is 1. The van der Waals surface area contributed by atoms with Gasteiger partial charge in [0.15, 0.2) is 17.5 Å². The average molecular weight is 244 g/mol. The predicted molar refractivity (Wildman–Crippen MR) is 60.6 cm³/mol. The van der Waals surface area contributed by atoms with Crippen LogP contribution in [0.25, 0.3) is 0 Å². The molecule has 1 saturated heterocycles. The molecule has 1 aromatic rings. The molecular formula is C12H15F3N2. The molecule has 1 aromatic carbocycles. The molecule has 1 N–H and O–H groups in total. The lowest BCUT2D eigenvalue weighted by atomic mass is 10.0. The molecular weight excluding hydrogens is 229 g/mol. The SMILES string of the molecule is CC1(C)CN(c2cc(F)c(F)c(F)c2)CCN1. The smallest absolute Gasteiger partial charge is 0.194 e. The zero-order valence-corrected chi connectivity index (χ0v) is 9.86. The second-order valence-electron chi connectivity index (χ2n) is 4.96. The van der Waals surface area contributed by atoms with Crippen molar-refractivity contribution in [3.05, 3.63) is 29.6 Å². The summed E-state index contributed by atoms with van der Waals surface area (Å²) in [6.45, 7) is 6.02. The van der Waals surface area contributed by atoms with Crippen LogP contribution in [0.4, 0.5) is 18.9 Å². The Bertz CT molecular complexity index is 409. The number of hydrogen-bond donors (Lipinski definition) is 1. The van der Waals surface area contributed by atoms with E-state index in [1.807, 2.05) is 18.7 Å². The summed E-state index contributed by atoms with van der Waals surface area (Å²) < 4.78 is 39.1. The van der Waals surface area contributed by atoms with E-state index in [1.165, 1.54) is 0 Å². The van der Waals surface area contributed by atoms with Crippen molar-refractivity contribution >= 4 is 5.69 Å². The first-order chi connectivity index (χ1) is 7.89. The van der Waals surface area contributed by atoms with Gasteiger partial charge in [-0.1, -0.05) is 0 Å². The lowest BCUT2D eigenvalue weighted by molar-refractivity contribution is 0.352. The summed E-state index contributed by atoms with van der Waals surface area (Å²) in [7, 11) is 0. The highest BCUT2D eigenvalue weighted by Crippen LogP contribution is 2.23. The van der Waals surface area contributed by atoms with Crippen molar-refractivity contribution in [1.82, 2.24) is 5.32 Å². The Kier molecular flexibility index (Phi) is 3.03. The zero-order chi connectivity index (χ0) is 12.6. The third kappa shape index (κ3) is 2.54. The minimum absolute atomic E-state index is 0.125. The molecule has 0 bridgehead atoms. The third-order valence-corrected chi connectivity index (χ3v) is 2.91. The van der Waals surface area contributed by atoms with Crippen molar-refractivity contribution in [2.24, 2.45) is 0 Å². The van der Waals surface area contributed by atoms with Crippen molar-refractivity contribution in [3.8, 4) is 0 Å². The van der Waals surface area contributed by atoms with Gasteiger partial charge in [-0.3, -0.25) is 0 Å². The molecule has 5 heteroatoms. The highest BCUT2D eigenvalue weighted by atomic mass is 19.2. The van der Waals surface area contributed by atoms with Gasteiger partial charge in [-0.25, -0.2) is 13.2 Å². The van der Waals surface area contributed by atoms with Crippen LogP contribution in [0.3, 0.4) is 0 Å². The van der Waals surface area contributed by atoms with E-state index in [4.69, 9.17) is 0 Å². The van der Waals surface area contributed by atoms with Crippen LogP contribution >= 0.6 is 0 Å². The number of halogens is 3. The van der Waals surface area contributed by atoms with Crippen LogP contribution < -0.4 is 10.2 Å². The highest BCUT2D eigenvalue weighted by molar-refractivity contribution is 5.48. The molecule has 1 heterocycles. The lowest BCUT2D eigenvalue weighted by Gasteiger charge is -2.40. The van der Waals surface area contributed by atoms with Crippen molar-refractivity contribution in [1.29, 1.82) is 0 Å². The van der Waals surface area contributed by atoms with E-state index in [1.54, 1.807) is 0 Å². The summed E-state index contributed by atoms with van der Waals surface area (Å²) in [6, 6.07) is 2.08. The van der Waals surface area contributed by atoms with Crippen molar-refractivity contribution in [2.75, 3.05) is 24.5 Å². The summed E-state index contributed by atoms with van der Waals surface area (Å²) in [6.07, 6.45) is 0. The monoisotopic (exact) mass is 244 g/mol. The lowest BCUT2D eigenvalue weighted by Crippen LogP contribution is -2.57. The van der Waals surface area contributed by atoms with Gasteiger partial charge >= 0.3 is 0 Å². The summed E-state index contributed by atoms with van der Waals surface area (Å²) in [5, 5.41) is 3.30. The van der Waals surface area contributed by atoms with E-state index < -0.39 is 17.5 Å². The molecule has 94 valence electrons. The Morgan fingerprint density at radius 2 is 1.76 bits per heavy atom. The Labute approximate surface area is 98.4 Å². The third-order valence-electron chi connectivity index (χ3n) is 2.91. The van der Waals surface area contributed by atoms with E-state index >= 15 is 0 Å². The second kappa shape index (κ2) is 4.22. The molecule has 1 aliphatic rings. The fourth-order valence-electron chi connectivity index (χ4n) is 2.09. The fraction of sp³-hybridized carbons (Fsp3) is 0.500. The topological polar surface area (TPSA) is 15.3 Å². The molecule has 0 radical (unpaired) electrons. The molecule has 0 amide bonds. The van der Waals surface area contributed by atoms with Gasteiger partial charge in [0.1, 0.15) is 0 Å². The van der Waals surface area contributed by atoms with Crippen LogP contribution in [0.5, 0.6) is 0 Å². The van der Waals surface area contributed by atoms with E-state index in [0.29, 0.717) is 18.8 Å². The molecule has 17 heavy (non-hydrogen) atoms. The summed E-state index contributed by atoms with van der Waals surface area (Å²) in [5.41, 5.74) is 0.260. The minimum Gasteiger partial charge on any atom is -0.368 e. The van der Waals surface area contributed by atoms with E-state index in [0.717, 1.165) is 18.7 Å². The number of piperazine rings is 1. The fourth-order valence-corrected chi connectivity index (χ4v) is 2.09. The molecule has 0 aromatic heterocycles. The van der Waals surface area contributed by atoms with Gasteiger partial charge in [-0.15, -0.1) is 0 Å². The maximum absolute atomic E-state index is 13.1. The van der Waals surface area contributed by atoms with Gasteiger partial charge < -0.3 is 10.2 Å². The number of nitrogens with one attached hydrogen (secondary N) is 1. The van der Waals surface area contributed by atoms with Crippen molar-refractivity contribution in [3.63, 3.8) is 0 Å². The first-order valence-electron chi connectivity index (χ1n) is 5.53. The number of anilines is 1. The van der Waals surface area contributed by atoms with Crippen LogP contribution in [0.15, 0.2) is 12.1 Å². The Hall–Kier alpha value is -1.23. The van der Waals surface area contributed by atoms with E-state index in [-0.39, 0.29) is 5.54 Å². The molecule has 0 saturated carbocycles. The molecule has 0 atom stereocenters. The molecule has 1 aliphatic heterocycles. The van der Waals surface area contributed by atoms with Gasteiger partial charge in [0.25, 0.3) is 0 Å². The Morgan fingerprint density at radius 1 is 1.18 bits per heavy atom. The van der Waals surface area contributed by atoms with Gasteiger partial charge in [-0.05, 0) is 13.8 Å². The Balaban J connectivity index is 2.28. The van der Waals surface area contributed by atoms with Crippen molar-refractivity contribution < 1.29 is 13.2 Å². The second-order valence-corrected chi connectivity index (χ2v) is 4.96. The number of hydrogen-bond acceptors (Lipinski definition) is 2. The summed E-state index contributed by atoms with van der Waals surface area (Å²) in [5.74, 6) is -3.70. The van der Waals surface area contributed by atoms with Crippen LogP contribution in [0, 0.1) is 17.5 Å². The van der Waals surface area contributed by atoms with Crippen LogP contribution in [-0.4, -0.2) is 25.2 Å². The minimum atomic E-state index is -1.41. The number of benzene rings is 1. The number of nitrogens with zero attached hydrogens (tertiary/aromatic N) is 1. The molecule has 1 fully saturated rings. The molecule has 0 aliphatic carbocycles. The van der Waals surface area contributed by atoms with Crippen LogP contribution in [-0.2, 0) is 0 Å². The maximum Gasteiger partial charge on any atom is 0.194 e. The summed E-state index contributed by atoms with van der Waals surface area (Å²) in [4.78, 5) is 1.85. The maximum atomic E-state index is 13.1. The predicted octanol–water partition coefficient (Wildman–Crippen LogP) is 2.29. The molecule has 0 spiro atoms. The Morgan fingerprint density at radius 3 is 2.29 bits per heavy atom. The molecule has 2 rings (SSSR count). The van der Waals surface area contributed by atoms with Gasteiger partial charge in [0.05, 0.1) is 0 Å².